The Hall–Kier alpha value is -2.67. The molecule has 170 valence electrons. The second-order valence-electron chi connectivity index (χ2n) is 9.87. The van der Waals surface area contributed by atoms with Gasteiger partial charge in [-0.3, -0.25) is 4.79 Å². The highest BCUT2D eigenvalue weighted by atomic mass is 16.1. The minimum absolute atomic E-state index is 0.175. The van der Waals surface area contributed by atoms with E-state index in [1.54, 1.807) is 6.20 Å². The molecule has 3 heterocycles. The number of rotatable bonds is 6. The minimum Gasteiger partial charge on any atom is -0.364 e. The van der Waals surface area contributed by atoms with Gasteiger partial charge in [-0.25, -0.2) is 9.97 Å². The van der Waals surface area contributed by atoms with E-state index in [1.807, 2.05) is 0 Å². The summed E-state index contributed by atoms with van der Waals surface area (Å²) in [5.41, 5.74) is 8.23. The van der Waals surface area contributed by atoms with Gasteiger partial charge in [0.05, 0.1) is 6.20 Å². The Morgan fingerprint density at radius 2 is 1.75 bits per heavy atom. The first-order chi connectivity index (χ1) is 15.5. The molecule has 1 saturated carbocycles. The van der Waals surface area contributed by atoms with Crippen LogP contribution in [0.1, 0.15) is 67.9 Å². The van der Waals surface area contributed by atoms with Crippen LogP contribution in [0.4, 0.5) is 17.3 Å². The molecule has 3 N–H and O–H groups in total. The third kappa shape index (κ3) is 4.44. The van der Waals surface area contributed by atoms with Crippen LogP contribution in [0.25, 0.3) is 0 Å². The minimum atomic E-state index is -0.572. The number of nitrogens with two attached hydrogens (primary N) is 1. The van der Waals surface area contributed by atoms with Crippen molar-refractivity contribution in [2.75, 3.05) is 36.4 Å². The predicted molar refractivity (Wildman–Crippen MR) is 128 cm³/mol. The third-order valence-corrected chi connectivity index (χ3v) is 7.48. The van der Waals surface area contributed by atoms with E-state index in [1.165, 1.54) is 50.8 Å². The van der Waals surface area contributed by atoms with Gasteiger partial charge in [-0.1, -0.05) is 19.1 Å². The van der Waals surface area contributed by atoms with Gasteiger partial charge in [0, 0.05) is 24.8 Å². The number of nitrogens with zero attached hydrogens (tertiary/aromatic N) is 4. The lowest BCUT2D eigenvalue weighted by atomic mass is 9.74. The molecule has 1 amide bonds. The molecule has 7 heteroatoms. The predicted octanol–water partition coefficient (Wildman–Crippen LogP) is 3.83. The maximum Gasteiger partial charge on any atom is 0.271 e. The fraction of sp³-hybridized carbons (Fsp3) is 0.560. The van der Waals surface area contributed by atoms with Crippen molar-refractivity contribution >= 4 is 23.2 Å². The van der Waals surface area contributed by atoms with E-state index < -0.39 is 5.91 Å². The highest BCUT2D eigenvalue weighted by Crippen LogP contribution is 2.39. The molecule has 3 aliphatic rings. The summed E-state index contributed by atoms with van der Waals surface area (Å²) in [6, 6.07) is 9.43. The van der Waals surface area contributed by atoms with Crippen molar-refractivity contribution in [3.63, 3.8) is 0 Å². The molecule has 0 unspecified atom stereocenters. The van der Waals surface area contributed by atoms with Crippen molar-refractivity contribution in [2.24, 2.45) is 5.73 Å². The lowest BCUT2D eigenvalue weighted by molar-refractivity contribution is 0.0996. The van der Waals surface area contributed by atoms with Gasteiger partial charge in [-0.15, -0.1) is 0 Å². The lowest BCUT2D eigenvalue weighted by Gasteiger charge is -2.40. The molecule has 32 heavy (non-hydrogen) atoms. The molecule has 0 spiro atoms. The number of piperidine rings is 2. The number of carbonyl (C=O) groups is 1. The number of likely N-dealkylation sites (tertiary alicyclic amines) is 1. The van der Waals surface area contributed by atoms with Crippen LogP contribution in [0, 0.1) is 0 Å². The molecule has 1 aromatic heterocycles. The average Bonchev–Trinajstić information content (AvgIpc) is 3.66. The van der Waals surface area contributed by atoms with Crippen molar-refractivity contribution < 1.29 is 4.79 Å². The number of nitrogens with one attached hydrogen (secondary N) is 1. The number of aromatic nitrogens is 2. The molecule has 0 atom stereocenters. The quantitative estimate of drug-likeness (QED) is 0.719. The highest BCUT2D eigenvalue weighted by Gasteiger charge is 2.37. The van der Waals surface area contributed by atoms with Crippen molar-refractivity contribution in [1.82, 2.24) is 14.9 Å². The number of primary amides is 1. The summed E-state index contributed by atoms with van der Waals surface area (Å²) < 4.78 is 0. The second-order valence-corrected chi connectivity index (χ2v) is 9.87. The van der Waals surface area contributed by atoms with Gasteiger partial charge >= 0.3 is 0 Å². The maximum absolute atomic E-state index is 11.9. The number of hydrogen-bond acceptors (Lipinski definition) is 6. The van der Waals surface area contributed by atoms with Crippen molar-refractivity contribution in [3.05, 3.63) is 41.7 Å². The maximum atomic E-state index is 11.9. The topological polar surface area (TPSA) is 87.4 Å². The summed E-state index contributed by atoms with van der Waals surface area (Å²) in [6.45, 7) is 6.72. The molecule has 3 fully saturated rings. The van der Waals surface area contributed by atoms with Crippen LogP contribution < -0.4 is 16.0 Å². The standard InChI is InChI=1S/C25H34N6O/c1-25(11-15-30(16-12-25)20-9-10-20)18-5-7-19(8-6-18)28-24-22(23(26)32)27-17-21(29-24)31-13-3-2-4-14-31/h5-8,17,20H,2-4,9-16H2,1H3,(H2,26,32)(H,28,29). The van der Waals surface area contributed by atoms with Crippen LogP contribution in [0.3, 0.4) is 0 Å². The number of hydrogen-bond donors (Lipinski definition) is 2. The first kappa shape index (κ1) is 21.2. The number of amides is 1. The summed E-state index contributed by atoms with van der Waals surface area (Å²) in [7, 11) is 0. The molecule has 5 rings (SSSR count). The van der Waals surface area contributed by atoms with Gasteiger partial charge in [0.15, 0.2) is 11.5 Å². The number of benzene rings is 1. The van der Waals surface area contributed by atoms with Crippen LogP contribution in [-0.2, 0) is 5.41 Å². The SMILES string of the molecule is CC1(c2ccc(Nc3nc(N4CCCCC4)cnc3C(N)=O)cc2)CCN(C2CC2)CC1. The molecule has 1 aromatic carbocycles. The first-order valence-electron chi connectivity index (χ1n) is 12.1. The van der Waals surface area contributed by atoms with Gasteiger partial charge in [0.2, 0.25) is 0 Å². The van der Waals surface area contributed by atoms with Crippen LogP contribution in [0.15, 0.2) is 30.5 Å². The number of anilines is 3. The van der Waals surface area contributed by atoms with E-state index in [0.717, 1.165) is 43.5 Å². The Balaban J connectivity index is 1.31. The molecule has 2 saturated heterocycles. The normalized spacial score (nSPS) is 21.3. The summed E-state index contributed by atoms with van der Waals surface area (Å²) in [5, 5.41) is 3.30. The zero-order chi connectivity index (χ0) is 22.1. The van der Waals surface area contributed by atoms with Crippen LogP contribution in [-0.4, -0.2) is 53.0 Å². The van der Waals surface area contributed by atoms with Crippen molar-refractivity contribution in [3.8, 4) is 0 Å². The molecule has 2 aromatic rings. The first-order valence-corrected chi connectivity index (χ1v) is 12.1. The van der Waals surface area contributed by atoms with Gasteiger partial charge in [0.25, 0.3) is 5.91 Å². The largest absolute Gasteiger partial charge is 0.364 e. The van der Waals surface area contributed by atoms with E-state index in [0.29, 0.717) is 5.82 Å². The van der Waals surface area contributed by atoms with Crippen molar-refractivity contribution in [1.29, 1.82) is 0 Å². The average molecular weight is 435 g/mol. The Morgan fingerprint density at radius 1 is 1.06 bits per heavy atom. The second kappa shape index (κ2) is 8.70. The Bertz CT molecular complexity index is 957. The van der Waals surface area contributed by atoms with Crippen LogP contribution in [0.2, 0.25) is 0 Å². The number of carbonyl (C=O) groups excluding carboxylic acids is 1. The summed E-state index contributed by atoms with van der Waals surface area (Å²) >= 11 is 0. The van der Waals surface area contributed by atoms with Gasteiger partial charge < -0.3 is 20.9 Å². The van der Waals surface area contributed by atoms with E-state index in [2.05, 4.69) is 51.3 Å². The Morgan fingerprint density at radius 3 is 2.38 bits per heavy atom. The third-order valence-electron chi connectivity index (χ3n) is 7.48. The molecule has 1 aliphatic carbocycles. The zero-order valence-electron chi connectivity index (χ0n) is 19.0. The molecule has 0 bridgehead atoms. The van der Waals surface area contributed by atoms with Gasteiger partial charge in [-0.05, 0) is 81.1 Å². The highest BCUT2D eigenvalue weighted by molar-refractivity contribution is 5.96. The van der Waals surface area contributed by atoms with E-state index in [-0.39, 0.29) is 11.1 Å². The molecule has 0 radical (unpaired) electrons. The van der Waals surface area contributed by atoms with Crippen LogP contribution >= 0.6 is 0 Å². The van der Waals surface area contributed by atoms with E-state index in [4.69, 9.17) is 10.7 Å². The molecule has 2 aliphatic heterocycles. The van der Waals surface area contributed by atoms with Gasteiger partial charge in [-0.2, -0.15) is 0 Å². The fourth-order valence-corrected chi connectivity index (χ4v) is 5.13. The van der Waals surface area contributed by atoms with E-state index in [9.17, 15) is 4.79 Å². The zero-order valence-corrected chi connectivity index (χ0v) is 19.0. The lowest BCUT2D eigenvalue weighted by Crippen LogP contribution is -2.41. The monoisotopic (exact) mass is 434 g/mol. The van der Waals surface area contributed by atoms with Crippen LogP contribution in [0.5, 0.6) is 0 Å². The van der Waals surface area contributed by atoms with Crippen molar-refractivity contribution in [2.45, 2.75) is 63.3 Å². The summed E-state index contributed by atoms with van der Waals surface area (Å²) in [6.07, 6.45) is 10.4. The molecular formula is C25H34N6O. The Kier molecular flexibility index (Phi) is 5.76. The summed E-state index contributed by atoms with van der Waals surface area (Å²) in [4.78, 5) is 25.9. The fourth-order valence-electron chi connectivity index (χ4n) is 5.13. The smallest absolute Gasteiger partial charge is 0.271 e. The molecular weight excluding hydrogens is 400 g/mol. The van der Waals surface area contributed by atoms with E-state index >= 15 is 0 Å². The van der Waals surface area contributed by atoms with Gasteiger partial charge in [0.1, 0.15) is 5.82 Å². The Labute approximate surface area is 190 Å². The summed E-state index contributed by atoms with van der Waals surface area (Å²) in [5.74, 6) is 0.651. The molecule has 7 nitrogen and oxygen atoms in total.